The Morgan fingerprint density at radius 1 is 1.40 bits per heavy atom. The average Bonchev–Trinajstić information content (AvgIpc) is 2.16. The van der Waals surface area contributed by atoms with Gasteiger partial charge < -0.3 is 9.84 Å². The number of hydrogen-bond donors (Lipinski definition) is 1. The second-order valence-electron chi connectivity index (χ2n) is 2.90. The Kier molecular flexibility index (Phi) is 3.04. The van der Waals surface area contributed by atoms with E-state index in [1.807, 2.05) is 0 Å². The standard InChI is InChI=1S/C10H9FO4/c1-5(12)6-3-7(10(13)14)9(15-2)8(11)4-6/h3-4H,1-2H3,(H,13,14). The lowest BCUT2D eigenvalue weighted by Gasteiger charge is -2.07. The van der Waals surface area contributed by atoms with E-state index in [-0.39, 0.29) is 16.9 Å². The summed E-state index contributed by atoms with van der Waals surface area (Å²) in [4.78, 5) is 21.7. The van der Waals surface area contributed by atoms with Crippen LogP contribution in [0.2, 0.25) is 0 Å². The summed E-state index contributed by atoms with van der Waals surface area (Å²) in [5.74, 6) is -2.97. The molecule has 0 saturated heterocycles. The zero-order valence-corrected chi connectivity index (χ0v) is 8.20. The lowest BCUT2D eigenvalue weighted by molar-refractivity contribution is 0.0692. The van der Waals surface area contributed by atoms with Crippen LogP contribution in [-0.4, -0.2) is 24.0 Å². The fraction of sp³-hybridized carbons (Fsp3) is 0.200. The van der Waals surface area contributed by atoms with Crippen molar-refractivity contribution in [3.05, 3.63) is 29.1 Å². The summed E-state index contributed by atoms with van der Waals surface area (Å²) < 4.78 is 17.9. The molecule has 0 atom stereocenters. The molecule has 0 bridgehead atoms. The van der Waals surface area contributed by atoms with Crippen molar-refractivity contribution in [2.45, 2.75) is 6.92 Å². The number of aromatic carboxylic acids is 1. The minimum absolute atomic E-state index is 0.00528. The Balaban J connectivity index is 3.45. The summed E-state index contributed by atoms with van der Waals surface area (Å²) in [7, 11) is 1.16. The van der Waals surface area contributed by atoms with E-state index < -0.39 is 17.6 Å². The van der Waals surface area contributed by atoms with Gasteiger partial charge >= 0.3 is 5.97 Å². The number of benzene rings is 1. The minimum atomic E-state index is -1.34. The van der Waals surface area contributed by atoms with E-state index in [1.54, 1.807) is 0 Å². The summed E-state index contributed by atoms with van der Waals surface area (Å²) in [5, 5.41) is 8.77. The van der Waals surface area contributed by atoms with Gasteiger partial charge in [-0.25, -0.2) is 9.18 Å². The van der Waals surface area contributed by atoms with Crippen LogP contribution in [0.1, 0.15) is 27.6 Å². The first kappa shape index (κ1) is 11.2. The highest BCUT2D eigenvalue weighted by Gasteiger charge is 2.18. The fourth-order valence-electron chi connectivity index (χ4n) is 1.16. The molecule has 0 aliphatic heterocycles. The molecule has 1 aromatic carbocycles. The highest BCUT2D eigenvalue weighted by atomic mass is 19.1. The predicted molar refractivity (Wildman–Crippen MR) is 49.9 cm³/mol. The maximum Gasteiger partial charge on any atom is 0.339 e. The van der Waals surface area contributed by atoms with E-state index in [9.17, 15) is 14.0 Å². The second kappa shape index (κ2) is 4.08. The largest absolute Gasteiger partial charge is 0.493 e. The predicted octanol–water partition coefficient (Wildman–Crippen LogP) is 1.74. The maximum atomic E-state index is 13.3. The van der Waals surface area contributed by atoms with Gasteiger partial charge in [-0.15, -0.1) is 0 Å². The van der Waals surface area contributed by atoms with Gasteiger partial charge in [0.25, 0.3) is 0 Å². The zero-order chi connectivity index (χ0) is 11.6. The van der Waals surface area contributed by atoms with Gasteiger partial charge in [0.2, 0.25) is 0 Å². The van der Waals surface area contributed by atoms with Gasteiger partial charge in [-0.3, -0.25) is 4.79 Å². The van der Waals surface area contributed by atoms with Crippen molar-refractivity contribution < 1.29 is 23.8 Å². The molecular formula is C10H9FO4. The first-order chi connectivity index (χ1) is 6.97. The van der Waals surface area contributed by atoms with Crippen LogP contribution in [-0.2, 0) is 0 Å². The molecule has 5 heteroatoms. The molecule has 15 heavy (non-hydrogen) atoms. The molecule has 0 aliphatic carbocycles. The van der Waals surface area contributed by atoms with E-state index in [2.05, 4.69) is 4.74 Å². The molecule has 4 nitrogen and oxygen atoms in total. The molecule has 0 heterocycles. The molecule has 1 aromatic rings. The molecule has 0 radical (unpaired) electrons. The van der Waals surface area contributed by atoms with Gasteiger partial charge in [0.15, 0.2) is 17.3 Å². The molecule has 0 aromatic heterocycles. The normalized spacial score (nSPS) is 9.80. The summed E-state index contributed by atoms with van der Waals surface area (Å²) in [6.45, 7) is 1.23. The van der Waals surface area contributed by atoms with Crippen molar-refractivity contribution >= 4 is 11.8 Å². The number of carbonyl (C=O) groups is 2. The van der Waals surface area contributed by atoms with Crippen molar-refractivity contribution in [2.75, 3.05) is 7.11 Å². The number of carboxylic acid groups (broad SMARTS) is 1. The van der Waals surface area contributed by atoms with Gasteiger partial charge in [0.1, 0.15) is 5.56 Å². The number of hydrogen-bond acceptors (Lipinski definition) is 3. The topological polar surface area (TPSA) is 63.6 Å². The highest BCUT2D eigenvalue weighted by Crippen LogP contribution is 2.24. The molecule has 0 unspecified atom stereocenters. The fourth-order valence-corrected chi connectivity index (χ4v) is 1.16. The van der Waals surface area contributed by atoms with Crippen LogP contribution in [0.15, 0.2) is 12.1 Å². The summed E-state index contributed by atoms with van der Waals surface area (Å²) in [6.07, 6.45) is 0. The van der Waals surface area contributed by atoms with Gasteiger partial charge in [0, 0.05) is 5.56 Å². The van der Waals surface area contributed by atoms with Crippen LogP contribution in [0.4, 0.5) is 4.39 Å². The van der Waals surface area contributed by atoms with E-state index in [1.165, 1.54) is 6.92 Å². The van der Waals surface area contributed by atoms with Crippen LogP contribution in [0, 0.1) is 5.82 Å². The number of halogens is 1. The van der Waals surface area contributed by atoms with Crippen LogP contribution in [0.5, 0.6) is 5.75 Å². The summed E-state index contributed by atoms with van der Waals surface area (Å²) in [6, 6.07) is 2.04. The van der Waals surface area contributed by atoms with Crippen molar-refractivity contribution in [2.24, 2.45) is 0 Å². The molecular weight excluding hydrogens is 203 g/mol. The molecule has 0 aliphatic rings. The Hall–Kier alpha value is -1.91. The number of carboxylic acids is 1. The van der Waals surface area contributed by atoms with Crippen molar-refractivity contribution in [1.82, 2.24) is 0 Å². The number of ketones is 1. The monoisotopic (exact) mass is 212 g/mol. The number of methoxy groups -OCH3 is 1. The minimum Gasteiger partial charge on any atom is -0.493 e. The van der Waals surface area contributed by atoms with Crippen LogP contribution in [0.25, 0.3) is 0 Å². The van der Waals surface area contributed by atoms with Crippen LogP contribution >= 0.6 is 0 Å². The first-order valence-corrected chi connectivity index (χ1v) is 4.09. The van der Waals surface area contributed by atoms with Gasteiger partial charge in [-0.05, 0) is 19.1 Å². The first-order valence-electron chi connectivity index (χ1n) is 4.09. The molecule has 0 saturated carbocycles. The van der Waals surface area contributed by atoms with Crippen molar-refractivity contribution in [3.63, 3.8) is 0 Å². The Labute approximate surface area is 85.3 Å². The van der Waals surface area contributed by atoms with Gasteiger partial charge in [-0.1, -0.05) is 0 Å². The third-order valence-electron chi connectivity index (χ3n) is 1.88. The van der Waals surface area contributed by atoms with Gasteiger partial charge in [-0.2, -0.15) is 0 Å². The molecule has 1 rings (SSSR count). The Bertz CT molecular complexity index is 426. The SMILES string of the molecule is COc1c(F)cc(C(C)=O)cc1C(=O)O. The smallest absolute Gasteiger partial charge is 0.339 e. The Morgan fingerprint density at radius 3 is 2.40 bits per heavy atom. The van der Waals surface area contributed by atoms with E-state index >= 15 is 0 Å². The number of rotatable bonds is 3. The molecule has 80 valence electrons. The van der Waals surface area contributed by atoms with E-state index in [0.717, 1.165) is 19.2 Å². The Morgan fingerprint density at radius 2 is 2.00 bits per heavy atom. The molecule has 0 fully saturated rings. The summed E-state index contributed by atoms with van der Waals surface area (Å²) >= 11 is 0. The number of carbonyl (C=O) groups excluding carboxylic acids is 1. The highest BCUT2D eigenvalue weighted by molar-refractivity contribution is 5.98. The molecule has 0 spiro atoms. The summed E-state index contributed by atoms with van der Waals surface area (Å²) in [5.41, 5.74) is -0.353. The van der Waals surface area contributed by atoms with E-state index in [4.69, 9.17) is 5.11 Å². The quantitative estimate of drug-likeness (QED) is 0.775. The van der Waals surface area contributed by atoms with Crippen LogP contribution < -0.4 is 4.74 Å². The lowest BCUT2D eigenvalue weighted by Crippen LogP contribution is -2.05. The average molecular weight is 212 g/mol. The van der Waals surface area contributed by atoms with E-state index in [0.29, 0.717) is 0 Å². The molecule has 0 amide bonds. The third-order valence-corrected chi connectivity index (χ3v) is 1.88. The number of ether oxygens (including phenoxy) is 1. The van der Waals surface area contributed by atoms with Crippen molar-refractivity contribution in [3.8, 4) is 5.75 Å². The van der Waals surface area contributed by atoms with Crippen molar-refractivity contribution in [1.29, 1.82) is 0 Å². The number of Topliss-reactive ketones (excluding diaryl/α,β-unsaturated/α-hetero) is 1. The van der Waals surface area contributed by atoms with Crippen LogP contribution in [0.3, 0.4) is 0 Å². The second-order valence-corrected chi connectivity index (χ2v) is 2.90. The zero-order valence-electron chi connectivity index (χ0n) is 8.20. The molecule has 1 N–H and O–H groups in total. The third kappa shape index (κ3) is 2.12. The van der Waals surface area contributed by atoms with Gasteiger partial charge in [0.05, 0.1) is 7.11 Å². The lowest BCUT2D eigenvalue weighted by atomic mass is 10.1. The maximum absolute atomic E-state index is 13.3.